The van der Waals surface area contributed by atoms with E-state index in [0.29, 0.717) is 12.3 Å². The van der Waals surface area contributed by atoms with Crippen LogP contribution in [0.25, 0.3) is 0 Å². The molecule has 0 spiro atoms. The molecule has 0 bridgehead atoms. The van der Waals surface area contributed by atoms with Gasteiger partial charge in [0.1, 0.15) is 0 Å². The van der Waals surface area contributed by atoms with E-state index in [0.717, 1.165) is 37.1 Å². The number of benzene rings is 1. The minimum absolute atomic E-state index is 0.0576. The molecule has 3 N–H and O–H groups in total. The third kappa shape index (κ3) is 3.74. The van der Waals surface area contributed by atoms with Gasteiger partial charge in [-0.25, -0.2) is 0 Å². The fourth-order valence-electron chi connectivity index (χ4n) is 3.04. The molecule has 1 aromatic heterocycles. The second-order valence-electron chi connectivity index (χ2n) is 6.01. The zero-order chi connectivity index (χ0) is 15.4. The first kappa shape index (κ1) is 14.8. The first-order chi connectivity index (χ1) is 10.7. The van der Waals surface area contributed by atoms with Crippen LogP contribution in [0, 0.1) is 5.92 Å². The van der Waals surface area contributed by atoms with E-state index in [4.69, 9.17) is 5.73 Å². The van der Waals surface area contributed by atoms with Crippen molar-refractivity contribution >= 4 is 11.6 Å². The maximum absolute atomic E-state index is 12.1. The van der Waals surface area contributed by atoms with Gasteiger partial charge < -0.3 is 11.1 Å². The van der Waals surface area contributed by atoms with Gasteiger partial charge in [-0.1, -0.05) is 18.6 Å². The highest BCUT2D eigenvalue weighted by Gasteiger charge is 2.25. The topological polar surface area (TPSA) is 72.9 Å². The molecule has 1 aliphatic carbocycles. The molecule has 2 atom stereocenters. The van der Waals surface area contributed by atoms with Crippen LogP contribution in [0.2, 0.25) is 0 Å². The first-order valence-electron chi connectivity index (χ1n) is 7.82. The zero-order valence-electron chi connectivity index (χ0n) is 12.6. The maximum atomic E-state index is 12.1. The fourth-order valence-corrected chi connectivity index (χ4v) is 3.04. The van der Waals surface area contributed by atoms with Crippen molar-refractivity contribution in [2.75, 3.05) is 5.32 Å². The van der Waals surface area contributed by atoms with Crippen LogP contribution in [0.1, 0.15) is 31.2 Å². The summed E-state index contributed by atoms with van der Waals surface area (Å²) in [6.45, 7) is 0.734. The van der Waals surface area contributed by atoms with Gasteiger partial charge in [0, 0.05) is 30.5 Å². The van der Waals surface area contributed by atoms with Gasteiger partial charge in [-0.2, -0.15) is 5.10 Å². The number of amides is 1. The van der Waals surface area contributed by atoms with Crippen molar-refractivity contribution in [3.8, 4) is 0 Å². The molecule has 116 valence electrons. The Kier molecular flexibility index (Phi) is 4.53. The van der Waals surface area contributed by atoms with Gasteiger partial charge in [-0.3, -0.25) is 9.48 Å². The molecule has 2 aromatic rings. The molecule has 1 saturated carbocycles. The number of nitrogens with zero attached hydrogens (tertiary/aromatic N) is 2. The quantitative estimate of drug-likeness (QED) is 0.890. The number of hydrogen-bond acceptors (Lipinski definition) is 3. The van der Waals surface area contributed by atoms with Crippen molar-refractivity contribution in [2.45, 2.75) is 38.3 Å². The molecule has 3 rings (SSSR count). The van der Waals surface area contributed by atoms with Crippen LogP contribution in [0.4, 0.5) is 5.69 Å². The summed E-state index contributed by atoms with van der Waals surface area (Å²) in [5.41, 5.74) is 8.00. The number of carbonyl (C=O) groups is 1. The molecular weight excluding hydrogens is 276 g/mol. The van der Waals surface area contributed by atoms with E-state index in [2.05, 4.69) is 10.4 Å². The number of anilines is 1. The lowest BCUT2D eigenvalue weighted by Gasteiger charge is -2.14. The Bertz CT molecular complexity index is 606. The van der Waals surface area contributed by atoms with E-state index in [9.17, 15) is 4.79 Å². The lowest BCUT2D eigenvalue weighted by atomic mass is 10.00. The predicted molar refractivity (Wildman–Crippen MR) is 86.3 cm³/mol. The Hall–Kier alpha value is -2.14. The van der Waals surface area contributed by atoms with Crippen LogP contribution < -0.4 is 11.1 Å². The highest BCUT2D eigenvalue weighted by molar-refractivity contribution is 5.90. The minimum atomic E-state index is 0.0576. The van der Waals surface area contributed by atoms with Crippen molar-refractivity contribution < 1.29 is 4.79 Å². The lowest BCUT2D eigenvalue weighted by Crippen LogP contribution is -2.28. The normalized spacial score (nSPS) is 21.0. The van der Waals surface area contributed by atoms with Crippen LogP contribution in [0.3, 0.4) is 0 Å². The fraction of sp³-hybridized carbons (Fsp3) is 0.412. The third-order valence-corrected chi connectivity index (χ3v) is 4.31. The number of nitrogens with one attached hydrogen (secondary N) is 1. The monoisotopic (exact) mass is 298 g/mol. The van der Waals surface area contributed by atoms with Crippen molar-refractivity contribution in [2.24, 2.45) is 11.7 Å². The van der Waals surface area contributed by atoms with Gasteiger partial charge in [0.05, 0.1) is 6.54 Å². The van der Waals surface area contributed by atoms with Gasteiger partial charge in [0.25, 0.3) is 0 Å². The van der Waals surface area contributed by atoms with Crippen LogP contribution in [-0.2, 0) is 11.3 Å². The van der Waals surface area contributed by atoms with Gasteiger partial charge in [0.2, 0.25) is 5.91 Å². The van der Waals surface area contributed by atoms with E-state index >= 15 is 0 Å². The number of carbonyl (C=O) groups excluding carboxylic acids is 1. The van der Waals surface area contributed by atoms with Crippen LogP contribution in [0.5, 0.6) is 0 Å². The van der Waals surface area contributed by atoms with E-state index < -0.39 is 0 Å². The highest BCUT2D eigenvalue weighted by Crippen LogP contribution is 2.27. The van der Waals surface area contributed by atoms with Gasteiger partial charge in [0.15, 0.2) is 0 Å². The Morgan fingerprint density at radius 3 is 2.77 bits per heavy atom. The zero-order valence-corrected chi connectivity index (χ0v) is 12.6. The summed E-state index contributed by atoms with van der Waals surface area (Å²) in [5.74, 6) is 0.390. The van der Waals surface area contributed by atoms with Crippen molar-refractivity contribution in [1.82, 2.24) is 9.78 Å². The number of rotatable bonds is 5. The van der Waals surface area contributed by atoms with Crippen LogP contribution in [-0.4, -0.2) is 21.7 Å². The molecule has 5 nitrogen and oxygen atoms in total. The molecule has 1 heterocycles. The largest absolute Gasteiger partial charge is 0.327 e. The second kappa shape index (κ2) is 6.75. The van der Waals surface area contributed by atoms with Crippen LogP contribution in [0.15, 0.2) is 42.7 Å². The average Bonchev–Trinajstić information content (AvgIpc) is 3.14. The van der Waals surface area contributed by atoms with E-state index in [-0.39, 0.29) is 11.9 Å². The standard InChI is InChI=1S/C17H22N4O/c18-16-4-1-3-14(16)11-17(22)20-15-7-5-13(6-8-15)12-21-10-2-9-19-21/h2,5-10,14,16H,1,3-4,11-12,18H2,(H,20,22)/t14-,16+/m0/s1. The van der Waals surface area contributed by atoms with E-state index in [1.807, 2.05) is 41.2 Å². The number of nitrogens with two attached hydrogens (primary N) is 1. The summed E-state index contributed by atoms with van der Waals surface area (Å²) < 4.78 is 1.87. The smallest absolute Gasteiger partial charge is 0.224 e. The van der Waals surface area contributed by atoms with Gasteiger partial charge in [-0.05, 0) is 42.5 Å². The molecule has 0 aliphatic heterocycles. The molecule has 1 fully saturated rings. The minimum Gasteiger partial charge on any atom is -0.327 e. The molecule has 0 unspecified atom stereocenters. The Balaban J connectivity index is 1.53. The number of aromatic nitrogens is 2. The van der Waals surface area contributed by atoms with E-state index in [1.165, 1.54) is 0 Å². The molecule has 1 aliphatic rings. The van der Waals surface area contributed by atoms with E-state index in [1.54, 1.807) is 6.20 Å². The summed E-state index contributed by atoms with van der Waals surface area (Å²) in [6.07, 6.45) is 7.47. The molecule has 22 heavy (non-hydrogen) atoms. The van der Waals surface area contributed by atoms with Crippen molar-refractivity contribution in [3.63, 3.8) is 0 Å². The maximum Gasteiger partial charge on any atom is 0.224 e. The third-order valence-electron chi connectivity index (χ3n) is 4.31. The highest BCUT2D eigenvalue weighted by atomic mass is 16.1. The van der Waals surface area contributed by atoms with Gasteiger partial charge in [-0.15, -0.1) is 0 Å². The van der Waals surface area contributed by atoms with Crippen LogP contribution >= 0.6 is 0 Å². The first-order valence-corrected chi connectivity index (χ1v) is 7.82. The summed E-state index contributed by atoms with van der Waals surface area (Å²) in [6, 6.07) is 9.98. The van der Waals surface area contributed by atoms with Crippen molar-refractivity contribution in [1.29, 1.82) is 0 Å². The SMILES string of the molecule is N[C@@H]1CCC[C@H]1CC(=O)Nc1ccc(Cn2cccn2)cc1. The predicted octanol–water partition coefficient (Wildman–Crippen LogP) is 2.39. The molecule has 5 heteroatoms. The van der Waals surface area contributed by atoms with Gasteiger partial charge >= 0.3 is 0 Å². The molecule has 0 radical (unpaired) electrons. The Morgan fingerprint density at radius 2 is 2.14 bits per heavy atom. The average molecular weight is 298 g/mol. The molecule has 0 saturated heterocycles. The Labute approximate surface area is 130 Å². The summed E-state index contributed by atoms with van der Waals surface area (Å²) >= 11 is 0. The Morgan fingerprint density at radius 1 is 1.32 bits per heavy atom. The number of hydrogen-bond donors (Lipinski definition) is 2. The molecular formula is C17H22N4O. The van der Waals surface area contributed by atoms with Crippen molar-refractivity contribution in [3.05, 3.63) is 48.3 Å². The summed E-state index contributed by atoms with van der Waals surface area (Å²) in [4.78, 5) is 12.1. The summed E-state index contributed by atoms with van der Waals surface area (Å²) in [7, 11) is 0. The molecule has 1 amide bonds. The summed E-state index contributed by atoms with van der Waals surface area (Å²) in [5, 5.41) is 7.14. The second-order valence-corrected chi connectivity index (χ2v) is 6.01. The molecule has 1 aromatic carbocycles. The lowest BCUT2D eigenvalue weighted by molar-refractivity contribution is -0.117.